The molecule has 0 bridgehead atoms. The van der Waals surface area contributed by atoms with Crippen molar-refractivity contribution in [2.24, 2.45) is 0 Å². The fourth-order valence-corrected chi connectivity index (χ4v) is 7.87. The minimum atomic E-state index is -0.545. The van der Waals surface area contributed by atoms with Crippen LogP contribution >= 0.6 is 11.3 Å². The minimum absolute atomic E-state index is 0.0121. The predicted octanol–water partition coefficient (Wildman–Crippen LogP) is 12.0. The summed E-state index contributed by atoms with van der Waals surface area (Å²) in [5.74, 6) is 0.610. The van der Waals surface area contributed by atoms with Crippen LogP contribution in [0.5, 0.6) is 0 Å². The van der Waals surface area contributed by atoms with E-state index >= 15 is 0 Å². The van der Waals surface area contributed by atoms with Crippen LogP contribution < -0.4 is 0 Å². The Morgan fingerprint density at radius 3 is 2.06 bits per heavy atom. The van der Waals surface area contributed by atoms with Crippen molar-refractivity contribution in [3.8, 4) is 51.0 Å². The third-order valence-corrected chi connectivity index (χ3v) is 10.1. The third kappa shape index (κ3) is 4.63. The van der Waals surface area contributed by atoms with Crippen molar-refractivity contribution >= 4 is 53.3 Å². The lowest BCUT2D eigenvalue weighted by Crippen LogP contribution is -2.07. The molecule has 0 atom stereocenters. The number of fused-ring (bicyclic) bond motifs is 6. The lowest BCUT2D eigenvalue weighted by Gasteiger charge is -2.13. The van der Waals surface area contributed by atoms with Crippen LogP contribution in [0.4, 0.5) is 0 Å². The van der Waals surface area contributed by atoms with Crippen molar-refractivity contribution in [3.05, 3.63) is 170 Å². The van der Waals surface area contributed by atoms with Crippen molar-refractivity contribution in [2.75, 3.05) is 0 Å². The van der Waals surface area contributed by atoms with Gasteiger partial charge in [0.2, 0.25) is 5.95 Å². The van der Waals surface area contributed by atoms with Crippen molar-refractivity contribution in [1.29, 1.82) is 0 Å². The highest BCUT2D eigenvalue weighted by molar-refractivity contribution is 7.26. The summed E-state index contributed by atoms with van der Waals surface area (Å²) >= 11 is 1.61. The van der Waals surface area contributed by atoms with Gasteiger partial charge in [-0.15, -0.1) is 11.3 Å². The molecule has 0 saturated carbocycles. The van der Waals surface area contributed by atoms with E-state index in [0.29, 0.717) is 16.8 Å². The van der Waals surface area contributed by atoms with Crippen LogP contribution in [0.3, 0.4) is 0 Å². The average Bonchev–Trinajstić information content (AvgIpc) is 3.83. The van der Waals surface area contributed by atoms with Crippen LogP contribution in [0.15, 0.2) is 170 Å². The number of benzene rings is 7. The van der Waals surface area contributed by atoms with Gasteiger partial charge < -0.3 is 0 Å². The SMILES string of the molecule is [2H]c1c([2H])c([2H])c(-c2cccc3c4c([2H])c([2H])c([2H])c([2H])c4n(-c4nc(-c5cccc(-c6ccccc6)c5)nc(-c5cccc6c5sc5ccccc56)n4)c23)c([2H])c1[2H]. The van der Waals surface area contributed by atoms with Crippen LogP contribution in [0, 0.1) is 0 Å². The molecule has 0 unspecified atom stereocenters. The first-order valence-corrected chi connectivity index (χ1v) is 16.8. The monoisotopic (exact) mass is 665 g/mol. The van der Waals surface area contributed by atoms with Crippen LogP contribution in [0.2, 0.25) is 0 Å². The van der Waals surface area contributed by atoms with Gasteiger partial charge in [0.25, 0.3) is 0 Å². The summed E-state index contributed by atoms with van der Waals surface area (Å²) in [4.78, 5) is 15.3. The van der Waals surface area contributed by atoms with Gasteiger partial charge >= 0.3 is 0 Å². The highest BCUT2D eigenvalue weighted by Gasteiger charge is 2.21. The van der Waals surface area contributed by atoms with Crippen LogP contribution in [0.25, 0.3) is 93.0 Å². The Hall–Kier alpha value is -6.43. The maximum absolute atomic E-state index is 9.29. The second-order valence-corrected chi connectivity index (χ2v) is 12.8. The molecule has 7 aromatic carbocycles. The summed E-state index contributed by atoms with van der Waals surface area (Å²) < 4.78 is 82.7. The Balaban J connectivity index is 1.37. The van der Waals surface area contributed by atoms with E-state index in [2.05, 4.69) is 18.2 Å². The molecule has 0 N–H and O–H groups in total. The van der Waals surface area contributed by atoms with Crippen molar-refractivity contribution < 1.29 is 12.3 Å². The number of nitrogens with zero attached hydrogens (tertiary/aromatic N) is 4. The van der Waals surface area contributed by atoms with E-state index in [1.165, 1.54) is 4.57 Å². The normalized spacial score (nSPS) is 14.1. The number of hydrogen-bond donors (Lipinski definition) is 0. The molecule has 0 aliphatic heterocycles. The zero-order valence-electron chi connectivity index (χ0n) is 35.2. The van der Waals surface area contributed by atoms with Gasteiger partial charge in [-0.2, -0.15) is 9.97 Å². The number of hydrogen-bond acceptors (Lipinski definition) is 4. The zero-order valence-corrected chi connectivity index (χ0v) is 27.0. The summed E-state index contributed by atoms with van der Waals surface area (Å²) in [5, 5.41) is 2.63. The molecule has 0 radical (unpaired) electrons. The second kappa shape index (κ2) is 11.6. The van der Waals surface area contributed by atoms with Crippen molar-refractivity contribution in [3.63, 3.8) is 0 Å². The molecule has 50 heavy (non-hydrogen) atoms. The van der Waals surface area contributed by atoms with Gasteiger partial charge in [-0.3, -0.25) is 4.57 Å². The molecule has 3 aromatic heterocycles. The number of aromatic nitrogens is 4. The van der Waals surface area contributed by atoms with Gasteiger partial charge in [0.1, 0.15) is 0 Å². The largest absolute Gasteiger partial charge is 0.277 e. The van der Waals surface area contributed by atoms with E-state index in [0.717, 1.165) is 36.9 Å². The number of rotatable bonds is 5. The highest BCUT2D eigenvalue weighted by Crippen LogP contribution is 2.41. The molecule has 3 heterocycles. The summed E-state index contributed by atoms with van der Waals surface area (Å²) in [7, 11) is 0. The molecule has 5 heteroatoms. The van der Waals surface area contributed by atoms with Gasteiger partial charge in [-0.25, -0.2) is 4.98 Å². The van der Waals surface area contributed by atoms with Crippen molar-refractivity contribution in [2.45, 2.75) is 0 Å². The molecule has 0 aliphatic carbocycles. The van der Waals surface area contributed by atoms with E-state index in [9.17, 15) is 1.37 Å². The van der Waals surface area contributed by atoms with Crippen molar-refractivity contribution in [1.82, 2.24) is 19.5 Å². The smallest absolute Gasteiger partial charge is 0.238 e. The molecular weight excluding hydrogens is 629 g/mol. The van der Waals surface area contributed by atoms with Gasteiger partial charge in [0.15, 0.2) is 11.6 Å². The topological polar surface area (TPSA) is 43.6 Å². The Labute approximate surface area is 305 Å². The van der Waals surface area contributed by atoms with E-state index in [1.54, 1.807) is 29.5 Å². The van der Waals surface area contributed by atoms with E-state index in [4.69, 9.17) is 25.9 Å². The number of para-hydroxylation sites is 2. The van der Waals surface area contributed by atoms with E-state index in [1.807, 2.05) is 78.9 Å². The first kappa shape index (κ1) is 20.8. The molecule has 0 spiro atoms. The highest BCUT2D eigenvalue weighted by atomic mass is 32.1. The van der Waals surface area contributed by atoms with Gasteiger partial charge in [-0.05, 0) is 40.9 Å². The van der Waals surface area contributed by atoms with Crippen LogP contribution in [-0.2, 0) is 0 Å². The summed E-state index contributed by atoms with van der Waals surface area (Å²) in [6.45, 7) is 0. The molecule has 0 amide bonds. The third-order valence-electron chi connectivity index (χ3n) is 8.89. The first-order valence-electron chi connectivity index (χ1n) is 20.5. The molecular formula is C45H28N4S. The summed E-state index contributed by atoms with van der Waals surface area (Å²) in [6.07, 6.45) is 0. The quantitative estimate of drug-likeness (QED) is 0.184. The van der Waals surface area contributed by atoms with Crippen LogP contribution in [-0.4, -0.2) is 19.5 Å². The Morgan fingerprint density at radius 1 is 0.480 bits per heavy atom. The zero-order chi connectivity index (χ0) is 40.9. The summed E-state index contributed by atoms with van der Waals surface area (Å²) in [5.41, 5.74) is 3.71. The van der Waals surface area contributed by atoms with E-state index < -0.39 is 42.3 Å². The number of thiophene rings is 1. The summed E-state index contributed by atoms with van der Waals surface area (Å²) in [6, 6.07) is 32.7. The Morgan fingerprint density at radius 2 is 1.16 bits per heavy atom. The molecule has 0 fully saturated rings. The molecule has 234 valence electrons. The average molecular weight is 666 g/mol. The van der Waals surface area contributed by atoms with Gasteiger partial charge in [0.05, 0.1) is 23.4 Å². The second-order valence-electron chi connectivity index (χ2n) is 11.8. The Bertz CT molecular complexity index is 3370. The maximum Gasteiger partial charge on any atom is 0.238 e. The fourth-order valence-electron chi connectivity index (χ4n) is 6.66. The van der Waals surface area contributed by atoms with Gasteiger partial charge in [-0.1, -0.05) is 145 Å². The van der Waals surface area contributed by atoms with Crippen LogP contribution in [0.1, 0.15) is 12.3 Å². The molecule has 0 aliphatic rings. The van der Waals surface area contributed by atoms with Gasteiger partial charge in [0, 0.05) is 47.6 Å². The van der Waals surface area contributed by atoms with E-state index in [-0.39, 0.29) is 51.4 Å². The molecule has 4 nitrogen and oxygen atoms in total. The molecule has 0 saturated heterocycles. The standard InChI is InChI=1S/C45H28N4S/c1-3-14-29(15-4-1)31-18-11-19-32(28-31)43-46-44(38-25-13-24-37-35-21-8-10-27-40(35)50-42(37)38)48-45(47-43)49-39-26-9-7-20-34(39)36-23-12-22-33(41(36)49)30-16-5-2-6-17-30/h1-28H/i2D,5D,6D,7D,9D,16D,17D,20D,26D. The lowest BCUT2D eigenvalue weighted by atomic mass is 10.0. The fraction of sp³-hybridized carbons (Fsp3) is 0. The maximum atomic E-state index is 9.29. The lowest BCUT2D eigenvalue weighted by molar-refractivity contribution is 0.955. The molecule has 10 rings (SSSR count). The Kier molecular flexibility index (Phi) is 4.84. The predicted molar refractivity (Wildman–Crippen MR) is 209 cm³/mol. The first-order chi connectivity index (χ1) is 28.5. The molecule has 10 aromatic rings. The minimum Gasteiger partial charge on any atom is -0.277 e.